The molecule has 0 bridgehead atoms. The van der Waals surface area contributed by atoms with E-state index in [0.717, 1.165) is 97.0 Å². The molecule has 0 heterocycles. The first-order valence-corrected chi connectivity index (χ1v) is 19.8. The fraction of sp³-hybridized carbons (Fsp3) is 0.600. The lowest BCUT2D eigenvalue weighted by Crippen LogP contribution is -2.29. The second-order valence-corrected chi connectivity index (χ2v) is 13.1. The van der Waals surface area contributed by atoms with Crippen LogP contribution in [0.5, 0.6) is 0 Å². The van der Waals surface area contributed by atoms with Crippen LogP contribution < -0.4 is 0 Å². The van der Waals surface area contributed by atoms with Gasteiger partial charge < -0.3 is 14.4 Å². The summed E-state index contributed by atoms with van der Waals surface area (Å²) in [6, 6.07) is 0. The monoisotopic (exact) mass is 704 g/mol. The molecular weight excluding hydrogens is 639 g/mol. The summed E-state index contributed by atoms with van der Waals surface area (Å²) >= 11 is 0. The van der Waals surface area contributed by atoms with Crippen LogP contribution in [0.15, 0.2) is 85.1 Å². The number of ether oxygens (including phenoxy) is 2. The van der Waals surface area contributed by atoms with Crippen molar-refractivity contribution in [2.75, 3.05) is 20.3 Å². The van der Waals surface area contributed by atoms with E-state index in [2.05, 4.69) is 103 Å². The first-order chi connectivity index (χ1) is 23.8. The van der Waals surface area contributed by atoms with Crippen molar-refractivity contribution in [3.05, 3.63) is 85.1 Å². The summed E-state index contributed by atoms with van der Waals surface area (Å²) in [4.78, 5) is 34.3. The number of carbonyl (C=O) groups excluding carboxylic acids is 2. The van der Waals surface area contributed by atoms with E-state index in [4.69, 9.17) is 14.0 Å². The summed E-state index contributed by atoms with van der Waals surface area (Å²) in [5.41, 5.74) is 0. The molecule has 278 valence electrons. The van der Waals surface area contributed by atoms with Crippen LogP contribution in [0.25, 0.3) is 0 Å². The number of allylic oxidation sites excluding steroid dienone is 14. The Morgan fingerprint density at radius 2 is 0.980 bits per heavy atom. The molecule has 0 saturated heterocycles. The number of phosphoric acid groups is 1. The summed E-state index contributed by atoms with van der Waals surface area (Å²) < 4.78 is 31.8. The number of phosphoric ester groups is 1. The van der Waals surface area contributed by atoms with Crippen molar-refractivity contribution >= 4 is 19.8 Å². The number of esters is 2. The average Bonchev–Trinajstić information content (AvgIpc) is 3.09. The van der Waals surface area contributed by atoms with Gasteiger partial charge in [0, 0.05) is 20.0 Å². The molecule has 8 nitrogen and oxygen atoms in total. The molecule has 2 unspecified atom stereocenters. The van der Waals surface area contributed by atoms with E-state index in [1.54, 1.807) is 0 Å². The Morgan fingerprint density at radius 1 is 0.571 bits per heavy atom. The molecule has 9 heteroatoms. The van der Waals surface area contributed by atoms with Gasteiger partial charge in [0.25, 0.3) is 0 Å². The van der Waals surface area contributed by atoms with E-state index in [1.807, 2.05) is 0 Å². The summed E-state index contributed by atoms with van der Waals surface area (Å²) in [6.07, 6.45) is 44.9. The minimum absolute atomic E-state index is 0.183. The van der Waals surface area contributed by atoms with Gasteiger partial charge in [-0.1, -0.05) is 118 Å². The van der Waals surface area contributed by atoms with Gasteiger partial charge in [-0.15, -0.1) is 0 Å². The molecule has 0 aromatic rings. The lowest BCUT2D eigenvalue weighted by molar-refractivity contribution is -0.161. The van der Waals surface area contributed by atoms with Crippen LogP contribution in [0.3, 0.4) is 0 Å². The quantitative estimate of drug-likeness (QED) is 0.0319. The van der Waals surface area contributed by atoms with Crippen molar-refractivity contribution < 1.29 is 37.6 Å². The van der Waals surface area contributed by atoms with Crippen molar-refractivity contribution in [1.29, 1.82) is 0 Å². The van der Waals surface area contributed by atoms with Gasteiger partial charge >= 0.3 is 19.8 Å². The van der Waals surface area contributed by atoms with E-state index >= 15 is 0 Å². The Morgan fingerprint density at radius 3 is 1.49 bits per heavy atom. The highest BCUT2D eigenvalue weighted by Crippen LogP contribution is 2.42. The molecule has 0 aliphatic carbocycles. The molecule has 0 aromatic heterocycles. The molecule has 0 fully saturated rings. The summed E-state index contributed by atoms with van der Waals surface area (Å²) in [5, 5.41) is 0. The Kier molecular flexibility index (Phi) is 33.1. The number of hydrogen-bond donors (Lipinski definition) is 1. The zero-order chi connectivity index (χ0) is 36.1. The standard InChI is InChI=1S/C40H65O8P/c1-4-6-8-10-12-14-16-18-20-22-24-26-28-30-32-34-39(41)46-36-38(37-47-49(43,44)45-3)48-40(42)35-33-31-29-27-25-23-21-19-17-15-13-11-9-7-5-2/h6-9,12-15,18-21,25,27,38H,4-5,10-11,16-17,22-24,26,28-37H2,1-3H3,(H,43,44)/b8-6-,9-7-,14-12-,15-13-,20-18-,21-19-,27-25-. The highest BCUT2D eigenvalue weighted by molar-refractivity contribution is 7.47. The summed E-state index contributed by atoms with van der Waals surface area (Å²) in [7, 11) is -3.23. The number of hydrogen-bond acceptors (Lipinski definition) is 7. The van der Waals surface area contributed by atoms with E-state index in [1.165, 1.54) is 0 Å². The Bertz CT molecular complexity index is 1070. The number of carbonyl (C=O) groups is 2. The van der Waals surface area contributed by atoms with Crippen LogP contribution in [0.2, 0.25) is 0 Å². The van der Waals surface area contributed by atoms with Crippen LogP contribution in [0.1, 0.15) is 129 Å². The normalized spacial score (nSPS) is 14.4. The first kappa shape index (κ1) is 46.2. The van der Waals surface area contributed by atoms with Gasteiger partial charge in [0.15, 0.2) is 6.10 Å². The molecule has 1 N–H and O–H groups in total. The molecular formula is C40H65O8P. The van der Waals surface area contributed by atoms with Crippen LogP contribution >= 0.6 is 7.82 Å². The summed E-state index contributed by atoms with van der Waals surface area (Å²) in [6.45, 7) is 3.58. The van der Waals surface area contributed by atoms with E-state index < -0.39 is 32.5 Å². The number of rotatable bonds is 32. The fourth-order valence-corrected chi connectivity index (χ4v) is 4.83. The van der Waals surface area contributed by atoms with Gasteiger partial charge in [-0.25, -0.2) is 4.57 Å². The zero-order valence-electron chi connectivity index (χ0n) is 30.6. The maximum absolute atomic E-state index is 12.4. The van der Waals surface area contributed by atoms with Crippen molar-refractivity contribution in [1.82, 2.24) is 0 Å². The Hall–Kier alpha value is -2.77. The molecule has 0 spiro atoms. The van der Waals surface area contributed by atoms with Gasteiger partial charge in [-0.2, -0.15) is 0 Å². The topological polar surface area (TPSA) is 108 Å². The van der Waals surface area contributed by atoms with Gasteiger partial charge in [0.1, 0.15) is 6.61 Å². The van der Waals surface area contributed by atoms with Crippen molar-refractivity contribution in [3.8, 4) is 0 Å². The molecule has 0 rings (SSSR count). The lowest BCUT2D eigenvalue weighted by atomic mass is 10.1. The minimum Gasteiger partial charge on any atom is -0.462 e. The molecule has 0 radical (unpaired) electrons. The third-order valence-electron chi connectivity index (χ3n) is 7.13. The van der Waals surface area contributed by atoms with Crippen LogP contribution in [-0.4, -0.2) is 43.3 Å². The van der Waals surface area contributed by atoms with Crippen molar-refractivity contribution in [2.24, 2.45) is 0 Å². The van der Waals surface area contributed by atoms with E-state index in [-0.39, 0.29) is 19.4 Å². The molecule has 0 aromatic carbocycles. The van der Waals surface area contributed by atoms with Crippen LogP contribution in [0, 0.1) is 0 Å². The third-order valence-corrected chi connectivity index (χ3v) is 8.07. The van der Waals surface area contributed by atoms with E-state index in [9.17, 15) is 19.0 Å². The van der Waals surface area contributed by atoms with Gasteiger partial charge in [-0.3, -0.25) is 18.6 Å². The lowest BCUT2D eigenvalue weighted by Gasteiger charge is -2.19. The van der Waals surface area contributed by atoms with Crippen LogP contribution in [0.4, 0.5) is 0 Å². The molecule has 49 heavy (non-hydrogen) atoms. The second-order valence-electron chi connectivity index (χ2n) is 11.6. The molecule has 2 atom stereocenters. The largest absolute Gasteiger partial charge is 0.472 e. The zero-order valence-corrected chi connectivity index (χ0v) is 31.4. The smallest absolute Gasteiger partial charge is 0.462 e. The minimum atomic E-state index is -4.28. The predicted molar refractivity (Wildman–Crippen MR) is 202 cm³/mol. The maximum atomic E-state index is 12.4. The Labute approximate surface area is 297 Å². The molecule has 0 saturated carbocycles. The van der Waals surface area contributed by atoms with Crippen LogP contribution in [-0.2, 0) is 32.7 Å². The Balaban J connectivity index is 4.21. The van der Waals surface area contributed by atoms with Crippen molar-refractivity contribution in [3.63, 3.8) is 0 Å². The summed E-state index contributed by atoms with van der Waals surface area (Å²) in [5.74, 6) is -0.884. The van der Waals surface area contributed by atoms with E-state index in [0.29, 0.717) is 12.8 Å². The molecule has 0 amide bonds. The second kappa shape index (κ2) is 35.1. The highest BCUT2D eigenvalue weighted by Gasteiger charge is 2.24. The van der Waals surface area contributed by atoms with Crippen molar-refractivity contribution in [2.45, 2.75) is 136 Å². The molecule has 0 aliphatic heterocycles. The SMILES string of the molecule is CC/C=C\C/C=C\C/C=C\C/C=C\CCCCC(=O)OC(COC(=O)CCCCCCC/C=C\C/C=C\C/C=C\CC)COP(=O)(O)OC. The van der Waals surface area contributed by atoms with Gasteiger partial charge in [0.2, 0.25) is 0 Å². The predicted octanol–water partition coefficient (Wildman–Crippen LogP) is 11.2. The van der Waals surface area contributed by atoms with Gasteiger partial charge in [0.05, 0.1) is 6.61 Å². The first-order valence-electron chi connectivity index (χ1n) is 18.3. The maximum Gasteiger partial charge on any atom is 0.472 e. The molecule has 0 aliphatic rings. The number of unbranched alkanes of at least 4 members (excludes halogenated alkanes) is 7. The third kappa shape index (κ3) is 34.9. The van der Waals surface area contributed by atoms with Gasteiger partial charge in [-0.05, 0) is 83.5 Å². The highest BCUT2D eigenvalue weighted by atomic mass is 31.2. The fourth-order valence-electron chi connectivity index (χ4n) is 4.37. The average molecular weight is 705 g/mol.